The van der Waals surface area contributed by atoms with E-state index in [-0.39, 0.29) is 17.9 Å². The number of carboxylic acid groups (broad SMARTS) is 1. The van der Waals surface area contributed by atoms with Gasteiger partial charge >= 0.3 is 11.7 Å². The van der Waals surface area contributed by atoms with E-state index in [1.54, 1.807) is 0 Å². The average molecular weight is 282 g/mol. The largest absolute Gasteiger partial charge is 0.481 e. The Morgan fingerprint density at radius 3 is 2.60 bits per heavy atom. The highest BCUT2D eigenvalue weighted by Gasteiger charge is 2.33. The van der Waals surface area contributed by atoms with Crippen molar-refractivity contribution in [2.24, 2.45) is 5.92 Å². The van der Waals surface area contributed by atoms with Gasteiger partial charge in [-0.25, -0.2) is 0 Å². The van der Waals surface area contributed by atoms with Crippen molar-refractivity contribution >= 4 is 17.6 Å². The highest BCUT2D eigenvalue weighted by atomic mass is 19.1. The van der Waals surface area contributed by atoms with E-state index in [9.17, 15) is 24.1 Å². The van der Waals surface area contributed by atoms with Gasteiger partial charge in [-0.15, -0.1) is 0 Å². The van der Waals surface area contributed by atoms with Crippen molar-refractivity contribution in [3.05, 3.63) is 39.7 Å². The van der Waals surface area contributed by atoms with Crippen LogP contribution in [0.2, 0.25) is 0 Å². The van der Waals surface area contributed by atoms with Gasteiger partial charge in [-0.1, -0.05) is 0 Å². The molecule has 0 atom stereocenters. The van der Waals surface area contributed by atoms with E-state index in [1.165, 1.54) is 11.0 Å². The molecule has 1 N–H and O–H groups in total. The highest BCUT2D eigenvalue weighted by Crippen LogP contribution is 2.24. The third kappa shape index (κ3) is 2.73. The third-order valence-corrected chi connectivity index (χ3v) is 3.10. The molecule has 1 saturated heterocycles. The second-order valence-electron chi connectivity index (χ2n) is 4.60. The standard InChI is InChI=1S/C12H11FN2O5/c13-9-4-8(1-2-10(9)15(19)20)12(18)14-5-7(6-14)3-11(16)17/h1-2,4,7H,3,5-6H2,(H,16,17). The fraction of sp³-hybridized carbons (Fsp3) is 0.333. The van der Waals surface area contributed by atoms with Crippen LogP contribution in [0, 0.1) is 21.8 Å². The number of hydrogen-bond donors (Lipinski definition) is 1. The van der Waals surface area contributed by atoms with Crippen molar-refractivity contribution in [1.82, 2.24) is 4.90 Å². The number of carboxylic acids is 1. The number of carbonyl (C=O) groups excluding carboxylic acids is 1. The maximum Gasteiger partial charge on any atom is 0.304 e. The van der Waals surface area contributed by atoms with E-state index in [1.807, 2.05) is 0 Å². The lowest BCUT2D eigenvalue weighted by molar-refractivity contribution is -0.387. The third-order valence-electron chi connectivity index (χ3n) is 3.10. The number of likely N-dealkylation sites (tertiary alicyclic amines) is 1. The minimum Gasteiger partial charge on any atom is -0.481 e. The second kappa shape index (κ2) is 5.24. The fourth-order valence-electron chi connectivity index (χ4n) is 2.08. The van der Waals surface area contributed by atoms with E-state index >= 15 is 0 Å². The van der Waals surface area contributed by atoms with Gasteiger partial charge in [0.2, 0.25) is 5.82 Å². The molecule has 1 amide bonds. The summed E-state index contributed by atoms with van der Waals surface area (Å²) < 4.78 is 13.4. The molecule has 1 aliphatic heterocycles. The second-order valence-corrected chi connectivity index (χ2v) is 4.60. The van der Waals surface area contributed by atoms with Crippen LogP contribution in [-0.2, 0) is 4.79 Å². The molecule has 1 aromatic rings. The van der Waals surface area contributed by atoms with E-state index in [0.717, 1.165) is 12.1 Å². The van der Waals surface area contributed by atoms with Crippen LogP contribution < -0.4 is 0 Å². The fourth-order valence-corrected chi connectivity index (χ4v) is 2.08. The smallest absolute Gasteiger partial charge is 0.304 e. The number of halogens is 1. The Kier molecular flexibility index (Phi) is 3.64. The maximum atomic E-state index is 13.4. The zero-order valence-corrected chi connectivity index (χ0v) is 10.3. The molecular formula is C12H11FN2O5. The van der Waals surface area contributed by atoms with Crippen LogP contribution >= 0.6 is 0 Å². The molecule has 1 fully saturated rings. The predicted molar refractivity (Wildman–Crippen MR) is 64.7 cm³/mol. The number of hydrogen-bond acceptors (Lipinski definition) is 4. The highest BCUT2D eigenvalue weighted by molar-refractivity contribution is 5.95. The summed E-state index contributed by atoms with van der Waals surface area (Å²) in [6, 6.07) is 2.95. The summed E-state index contributed by atoms with van der Waals surface area (Å²) in [4.78, 5) is 33.4. The van der Waals surface area contributed by atoms with Crippen molar-refractivity contribution in [2.75, 3.05) is 13.1 Å². The van der Waals surface area contributed by atoms with Gasteiger partial charge in [-0.05, 0) is 12.1 Å². The predicted octanol–water partition coefficient (Wildman–Crippen LogP) is 1.28. The quantitative estimate of drug-likeness (QED) is 0.662. The molecule has 0 aromatic heterocycles. The molecule has 7 nitrogen and oxygen atoms in total. The van der Waals surface area contributed by atoms with Crippen molar-refractivity contribution in [2.45, 2.75) is 6.42 Å². The first kappa shape index (κ1) is 13.9. The Labute approximate surface area is 112 Å². The topological polar surface area (TPSA) is 101 Å². The number of nitro benzene ring substituents is 1. The van der Waals surface area contributed by atoms with Crippen molar-refractivity contribution in [1.29, 1.82) is 0 Å². The van der Waals surface area contributed by atoms with Gasteiger partial charge in [0.25, 0.3) is 5.91 Å². The summed E-state index contributed by atoms with van der Waals surface area (Å²) in [5.41, 5.74) is -0.671. The number of benzene rings is 1. The number of aliphatic carboxylic acids is 1. The molecule has 1 heterocycles. The van der Waals surface area contributed by atoms with Crippen molar-refractivity contribution in [3.8, 4) is 0 Å². The summed E-state index contributed by atoms with van der Waals surface area (Å²) in [6.45, 7) is 0.591. The van der Waals surface area contributed by atoms with Gasteiger partial charge < -0.3 is 10.0 Å². The monoisotopic (exact) mass is 282 g/mol. The van der Waals surface area contributed by atoms with Crippen LogP contribution in [0.3, 0.4) is 0 Å². The number of amides is 1. The number of carbonyl (C=O) groups is 2. The minimum absolute atomic E-state index is 0.0155. The molecule has 0 bridgehead atoms. The molecule has 0 spiro atoms. The molecule has 2 rings (SSSR count). The number of nitrogens with zero attached hydrogens (tertiary/aromatic N) is 2. The number of nitro groups is 1. The van der Waals surface area contributed by atoms with Gasteiger partial charge in [0.05, 0.1) is 11.3 Å². The Hall–Kier alpha value is -2.51. The van der Waals surface area contributed by atoms with Gasteiger partial charge in [0.1, 0.15) is 0 Å². The zero-order chi connectivity index (χ0) is 14.9. The molecule has 8 heteroatoms. The Balaban J connectivity index is 2.03. The van der Waals surface area contributed by atoms with Crippen LogP contribution in [0.1, 0.15) is 16.8 Å². The SMILES string of the molecule is O=C(O)CC1CN(C(=O)c2ccc([N+](=O)[O-])c(F)c2)C1. The number of rotatable bonds is 4. The van der Waals surface area contributed by atoms with E-state index in [0.29, 0.717) is 13.1 Å². The molecule has 1 aliphatic rings. The molecule has 0 saturated carbocycles. The molecular weight excluding hydrogens is 271 g/mol. The van der Waals surface area contributed by atoms with Crippen LogP contribution in [0.5, 0.6) is 0 Å². The van der Waals surface area contributed by atoms with Gasteiger partial charge in [0, 0.05) is 30.6 Å². The van der Waals surface area contributed by atoms with Crippen molar-refractivity contribution < 1.29 is 24.0 Å². The van der Waals surface area contributed by atoms with Crippen LogP contribution in [0.15, 0.2) is 18.2 Å². The van der Waals surface area contributed by atoms with Crippen LogP contribution in [-0.4, -0.2) is 39.9 Å². The van der Waals surface area contributed by atoms with Crippen LogP contribution in [0.25, 0.3) is 0 Å². The normalized spacial score (nSPS) is 14.8. The molecule has 1 aromatic carbocycles. The first-order chi connectivity index (χ1) is 9.38. The Bertz CT molecular complexity index is 583. The summed E-state index contributed by atoms with van der Waals surface area (Å²) in [5, 5.41) is 19.1. The van der Waals surface area contributed by atoms with Gasteiger partial charge in [0.15, 0.2) is 0 Å². The van der Waals surface area contributed by atoms with E-state index in [4.69, 9.17) is 5.11 Å². The van der Waals surface area contributed by atoms with Crippen molar-refractivity contribution in [3.63, 3.8) is 0 Å². The van der Waals surface area contributed by atoms with E-state index < -0.39 is 28.3 Å². The molecule has 106 valence electrons. The Morgan fingerprint density at radius 2 is 2.10 bits per heavy atom. The molecule has 0 unspecified atom stereocenters. The first-order valence-electron chi connectivity index (χ1n) is 5.83. The van der Waals surface area contributed by atoms with Gasteiger partial charge in [-0.3, -0.25) is 19.7 Å². The summed E-state index contributed by atoms with van der Waals surface area (Å²) in [5.74, 6) is -2.55. The van der Waals surface area contributed by atoms with E-state index in [2.05, 4.69) is 0 Å². The average Bonchev–Trinajstić information content (AvgIpc) is 2.31. The molecule has 20 heavy (non-hydrogen) atoms. The summed E-state index contributed by atoms with van der Waals surface area (Å²) >= 11 is 0. The lowest BCUT2D eigenvalue weighted by Gasteiger charge is -2.38. The lowest BCUT2D eigenvalue weighted by atomic mass is 9.95. The molecule has 0 radical (unpaired) electrons. The maximum absolute atomic E-state index is 13.4. The van der Waals surface area contributed by atoms with Crippen LogP contribution in [0.4, 0.5) is 10.1 Å². The minimum atomic E-state index is -1.07. The van der Waals surface area contributed by atoms with Gasteiger partial charge in [-0.2, -0.15) is 4.39 Å². The summed E-state index contributed by atoms with van der Waals surface area (Å²) in [7, 11) is 0. The molecule has 0 aliphatic carbocycles. The zero-order valence-electron chi connectivity index (χ0n) is 10.3. The Morgan fingerprint density at radius 1 is 1.45 bits per heavy atom. The summed E-state index contributed by atoms with van der Waals surface area (Å²) in [6.07, 6.45) is -0.0155. The first-order valence-corrected chi connectivity index (χ1v) is 5.83. The lowest BCUT2D eigenvalue weighted by Crippen LogP contribution is -2.50.